The lowest BCUT2D eigenvalue weighted by Gasteiger charge is -2.25. The van der Waals surface area contributed by atoms with E-state index >= 15 is 0 Å². The van der Waals surface area contributed by atoms with Crippen molar-refractivity contribution in [2.24, 2.45) is 11.3 Å². The quantitative estimate of drug-likeness (QED) is 0.227. The lowest BCUT2D eigenvalue weighted by molar-refractivity contribution is -0.150. The van der Waals surface area contributed by atoms with Crippen molar-refractivity contribution in [3.05, 3.63) is 54.1 Å². The summed E-state index contributed by atoms with van der Waals surface area (Å²) < 4.78 is 32.8. The van der Waals surface area contributed by atoms with Crippen LogP contribution in [0.25, 0.3) is 0 Å². The van der Waals surface area contributed by atoms with Crippen LogP contribution in [-0.2, 0) is 29.6 Å². The second-order valence-corrected chi connectivity index (χ2v) is 13.2. The zero-order chi connectivity index (χ0) is 27.8. The minimum atomic E-state index is -4.17. The molecule has 0 bridgehead atoms. The van der Waals surface area contributed by atoms with Gasteiger partial charge >= 0.3 is 0 Å². The topological polar surface area (TPSA) is 121 Å². The van der Waals surface area contributed by atoms with E-state index in [4.69, 9.17) is 4.74 Å². The summed E-state index contributed by atoms with van der Waals surface area (Å²) in [5.41, 5.74) is 0.157. The van der Waals surface area contributed by atoms with E-state index in [0.717, 1.165) is 10.5 Å². The molecule has 0 aliphatic carbocycles. The van der Waals surface area contributed by atoms with Crippen LogP contribution in [-0.4, -0.2) is 60.2 Å². The summed E-state index contributed by atoms with van der Waals surface area (Å²) in [4.78, 5) is 37.4. The molecule has 1 saturated heterocycles. The summed E-state index contributed by atoms with van der Waals surface area (Å²) in [6.07, 6.45) is 0.0740. The summed E-state index contributed by atoms with van der Waals surface area (Å²) in [6, 6.07) is 13.3. The van der Waals surface area contributed by atoms with E-state index in [1.807, 2.05) is 24.3 Å². The smallest absolute Gasteiger partial charge is 0.235 e. The van der Waals surface area contributed by atoms with Gasteiger partial charge in [-0.15, -0.1) is 0 Å². The predicted octanol–water partition coefficient (Wildman–Crippen LogP) is 3.80. The van der Waals surface area contributed by atoms with Crippen LogP contribution in [0.1, 0.15) is 47.1 Å². The van der Waals surface area contributed by atoms with Crippen LogP contribution in [0.3, 0.4) is 0 Å². The predicted molar refractivity (Wildman–Crippen MR) is 137 cm³/mol. The Bertz CT molecular complexity index is 1260. The monoisotopic (exact) mass is 530 g/mol. The highest BCUT2D eigenvalue weighted by Gasteiger charge is 2.52. The first kappa shape index (κ1) is 28.3. The molecule has 0 saturated carbocycles. The van der Waals surface area contributed by atoms with Gasteiger partial charge in [0.25, 0.3) is 0 Å². The molecule has 1 fully saturated rings. The molecule has 2 atom stereocenters. The van der Waals surface area contributed by atoms with Gasteiger partial charge in [-0.1, -0.05) is 53.7 Å². The SMILES string of the molecule is CC1C(=O)N(CC(CN(O)C=O)S(=O)(=O)c2ccc(Oc3ccc(C(C)(C)C)cc3)cc2)C(=O)C1(C)C. The standard InChI is InChI=1S/C27H34N2O7S/c1-18-24(31)29(25(32)27(18,5)6)16-23(15-28(33)17-30)37(34,35)22-13-11-21(12-14-22)36-20-9-7-19(8-10-20)26(2,3)4/h7-14,17-18,23,33H,15-16H2,1-6H3. The highest BCUT2D eigenvalue weighted by molar-refractivity contribution is 7.92. The third kappa shape index (κ3) is 5.86. The molecular weight excluding hydrogens is 496 g/mol. The Balaban J connectivity index is 1.84. The van der Waals surface area contributed by atoms with Crippen LogP contribution in [0.2, 0.25) is 0 Å². The van der Waals surface area contributed by atoms with Crippen molar-refractivity contribution in [3.8, 4) is 11.5 Å². The number of likely N-dealkylation sites (tertiary alicyclic amines) is 1. The van der Waals surface area contributed by atoms with E-state index in [9.17, 15) is 28.0 Å². The Kier molecular flexibility index (Phi) is 7.85. The van der Waals surface area contributed by atoms with Crippen LogP contribution in [0.15, 0.2) is 53.4 Å². The molecule has 0 spiro atoms. The Hall–Kier alpha value is -3.24. The molecule has 2 aromatic rings. The van der Waals surface area contributed by atoms with Gasteiger partial charge in [0.2, 0.25) is 18.2 Å². The van der Waals surface area contributed by atoms with Crippen molar-refractivity contribution < 1.29 is 32.7 Å². The second-order valence-electron chi connectivity index (χ2n) is 10.9. The van der Waals surface area contributed by atoms with E-state index < -0.39 is 51.3 Å². The summed E-state index contributed by atoms with van der Waals surface area (Å²) in [6.45, 7) is 10.1. The maximum Gasteiger partial charge on any atom is 0.235 e. The van der Waals surface area contributed by atoms with E-state index in [2.05, 4.69) is 20.8 Å². The van der Waals surface area contributed by atoms with Crippen LogP contribution in [0.4, 0.5) is 0 Å². The van der Waals surface area contributed by atoms with Crippen LogP contribution in [0.5, 0.6) is 11.5 Å². The fourth-order valence-electron chi connectivity index (χ4n) is 4.11. The van der Waals surface area contributed by atoms with E-state index in [1.165, 1.54) is 24.3 Å². The van der Waals surface area contributed by atoms with Crippen LogP contribution < -0.4 is 4.74 Å². The average molecular weight is 531 g/mol. The number of hydrogen-bond acceptors (Lipinski definition) is 7. The number of sulfone groups is 1. The summed E-state index contributed by atoms with van der Waals surface area (Å²) in [5, 5.41) is 8.53. The zero-order valence-electron chi connectivity index (χ0n) is 22.0. The Morgan fingerprint density at radius 2 is 1.57 bits per heavy atom. The van der Waals surface area contributed by atoms with Gasteiger partial charge in [-0.3, -0.25) is 24.5 Å². The van der Waals surface area contributed by atoms with Gasteiger partial charge in [0, 0.05) is 12.5 Å². The number of benzene rings is 2. The molecule has 3 rings (SSSR count). The normalized spacial score (nSPS) is 18.6. The number of amides is 3. The first-order valence-electron chi connectivity index (χ1n) is 12.0. The van der Waals surface area contributed by atoms with Crippen LogP contribution >= 0.6 is 0 Å². The molecular formula is C27H34N2O7S. The van der Waals surface area contributed by atoms with Gasteiger partial charge in [0.15, 0.2) is 9.84 Å². The Morgan fingerprint density at radius 3 is 2.00 bits per heavy atom. The molecule has 0 aromatic heterocycles. The molecule has 10 heteroatoms. The van der Waals surface area contributed by atoms with Crippen molar-refractivity contribution in [1.82, 2.24) is 9.96 Å². The third-order valence-electron chi connectivity index (χ3n) is 6.96. The Labute approximate surface area is 217 Å². The lowest BCUT2D eigenvalue weighted by atomic mass is 9.82. The van der Waals surface area contributed by atoms with Gasteiger partial charge in [-0.05, 0) is 47.4 Å². The maximum atomic E-state index is 13.5. The molecule has 1 aliphatic heterocycles. The number of hydroxylamine groups is 2. The molecule has 0 radical (unpaired) electrons. The van der Waals surface area contributed by atoms with Crippen molar-refractivity contribution >= 4 is 28.1 Å². The number of carbonyl (C=O) groups excluding carboxylic acids is 3. The van der Waals surface area contributed by atoms with Crippen molar-refractivity contribution in [2.45, 2.75) is 57.1 Å². The largest absolute Gasteiger partial charge is 0.457 e. The molecule has 2 unspecified atom stereocenters. The van der Waals surface area contributed by atoms with Crippen molar-refractivity contribution in [2.75, 3.05) is 13.1 Å². The number of ether oxygens (including phenoxy) is 1. The summed E-state index contributed by atoms with van der Waals surface area (Å²) >= 11 is 0. The molecule has 1 aliphatic rings. The molecule has 1 heterocycles. The van der Waals surface area contributed by atoms with Gasteiger partial charge in [0.05, 0.1) is 16.9 Å². The van der Waals surface area contributed by atoms with Gasteiger partial charge in [0.1, 0.15) is 16.7 Å². The highest BCUT2D eigenvalue weighted by Crippen LogP contribution is 2.38. The summed E-state index contributed by atoms with van der Waals surface area (Å²) in [7, 11) is -4.17. The fraction of sp³-hybridized carbons (Fsp3) is 0.444. The first-order valence-corrected chi connectivity index (χ1v) is 13.5. The van der Waals surface area contributed by atoms with Crippen molar-refractivity contribution in [3.63, 3.8) is 0 Å². The molecule has 3 amide bonds. The van der Waals surface area contributed by atoms with Gasteiger partial charge in [-0.25, -0.2) is 13.5 Å². The lowest BCUT2D eigenvalue weighted by Crippen LogP contribution is -2.46. The maximum absolute atomic E-state index is 13.5. The fourth-order valence-corrected chi connectivity index (χ4v) is 5.70. The molecule has 9 nitrogen and oxygen atoms in total. The zero-order valence-corrected chi connectivity index (χ0v) is 22.8. The average Bonchev–Trinajstić information content (AvgIpc) is 2.98. The number of carbonyl (C=O) groups is 3. The molecule has 1 N–H and O–H groups in total. The number of imide groups is 1. The number of hydrogen-bond donors (Lipinski definition) is 1. The summed E-state index contributed by atoms with van der Waals surface area (Å²) in [5.74, 6) is -0.620. The molecule has 37 heavy (non-hydrogen) atoms. The van der Waals surface area contributed by atoms with E-state index in [1.54, 1.807) is 20.8 Å². The molecule has 2 aromatic carbocycles. The van der Waals surface area contributed by atoms with Gasteiger partial charge in [-0.2, -0.15) is 0 Å². The molecule has 200 valence electrons. The van der Waals surface area contributed by atoms with Gasteiger partial charge < -0.3 is 4.74 Å². The minimum absolute atomic E-state index is 0.00281. The van der Waals surface area contributed by atoms with Crippen molar-refractivity contribution in [1.29, 1.82) is 0 Å². The van der Waals surface area contributed by atoms with Crippen LogP contribution in [0, 0.1) is 11.3 Å². The third-order valence-corrected chi connectivity index (χ3v) is 9.07. The second kappa shape index (κ2) is 10.3. The first-order chi connectivity index (χ1) is 17.1. The Morgan fingerprint density at radius 1 is 1.05 bits per heavy atom. The highest BCUT2D eigenvalue weighted by atomic mass is 32.2. The number of rotatable bonds is 9. The minimum Gasteiger partial charge on any atom is -0.457 e. The number of nitrogens with zero attached hydrogens (tertiary/aromatic N) is 2. The van der Waals surface area contributed by atoms with E-state index in [0.29, 0.717) is 11.5 Å². The van der Waals surface area contributed by atoms with E-state index in [-0.39, 0.29) is 21.8 Å².